The van der Waals surface area contributed by atoms with E-state index in [1.165, 1.54) is 0 Å². The van der Waals surface area contributed by atoms with Gasteiger partial charge >= 0.3 is 0 Å². The third-order valence-electron chi connectivity index (χ3n) is 2.81. The summed E-state index contributed by atoms with van der Waals surface area (Å²) < 4.78 is 5.31. The molecule has 0 unspecified atom stereocenters. The van der Waals surface area contributed by atoms with Crippen molar-refractivity contribution in [2.75, 3.05) is 5.32 Å². The molecule has 0 aliphatic heterocycles. The van der Waals surface area contributed by atoms with Crippen LogP contribution in [-0.2, 0) is 6.54 Å². The van der Waals surface area contributed by atoms with Crippen molar-refractivity contribution in [1.82, 2.24) is 0 Å². The molecule has 2 aromatic rings. The minimum Gasteiger partial charge on any atom is -0.455 e. The Bertz CT molecular complexity index is 553. The Kier molecular flexibility index (Phi) is 3.48. The van der Waals surface area contributed by atoms with Gasteiger partial charge in [-0.3, -0.25) is 4.79 Å². The van der Waals surface area contributed by atoms with E-state index in [4.69, 9.17) is 10.2 Å². The van der Waals surface area contributed by atoms with E-state index < -0.39 is 0 Å². The van der Waals surface area contributed by atoms with Gasteiger partial charge in [-0.15, -0.1) is 0 Å². The van der Waals surface area contributed by atoms with E-state index in [1.54, 1.807) is 12.1 Å². The fraction of sp³-hybridized carbons (Fsp3) is 0.214. The maximum Gasteiger partial charge on any atom is 0.291 e. The lowest BCUT2D eigenvalue weighted by atomic mass is 10.1. The molecule has 0 bridgehead atoms. The highest BCUT2D eigenvalue weighted by atomic mass is 16.4. The van der Waals surface area contributed by atoms with E-state index in [0.717, 1.165) is 16.8 Å². The van der Waals surface area contributed by atoms with Gasteiger partial charge < -0.3 is 15.5 Å². The van der Waals surface area contributed by atoms with Crippen LogP contribution in [0.4, 0.5) is 5.69 Å². The second-order valence-corrected chi connectivity index (χ2v) is 4.19. The average Bonchev–Trinajstić information content (AvgIpc) is 2.82. The topological polar surface area (TPSA) is 68.3 Å². The Balaban J connectivity index is 2.21. The van der Waals surface area contributed by atoms with Gasteiger partial charge in [-0.1, -0.05) is 18.2 Å². The average molecular weight is 244 g/mol. The molecule has 0 aliphatic carbocycles. The highest BCUT2D eigenvalue weighted by Crippen LogP contribution is 2.20. The van der Waals surface area contributed by atoms with Crippen molar-refractivity contribution in [2.24, 2.45) is 5.73 Å². The number of hydrogen-bond donors (Lipinski definition) is 2. The lowest BCUT2D eigenvalue weighted by molar-refractivity contribution is 0.0995. The number of anilines is 1. The summed E-state index contributed by atoms with van der Waals surface area (Å²) in [5, 5.41) is 2.86. The van der Waals surface area contributed by atoms with Crippen LogP contribution < -0.4 is 11.1 Å². The Labute approximate surface area is 106 Å². The number of furan rings is 1. The van der Waals surface area contributed by atoms with Gasteiger partial charge in [0.2, 0.25) is 0 Å². The maximum atomic E-state index is 12.0. The zero-order valence-corrected chi connectivity index (χ0v) is 10.5. The van der Waals surface area contributed by atoms with Crippen LogP contribution in [0.1, 0.15) is 27.4 Å². The molecule has 1 heterocycles. The first-order valence-electron chi connectivity index (χ1n) is 5.78. The van der Waals surface area contributed by atoms with E-state index in [2.05, 4.69) is 5.32 Å². The number of amides is 1. The van der Waals surface area contributed by atoms with Gasteiger partial charge in [-0.25, -0.2) is 0 Å². The molecule has 4 heteroatoms. The van der Waals surface area contributed by atoms with E-state index >= 15 is 0 Å². The van der Waals surface area contributed by atoms with Gasteiger partial charge in [0.25, 0.3) is 5.91 Å². The van der Waals surface area contributed by atoms with E-state index in [9.17, 15) is 4.79 Å². The number of rotatable bonds is 3. The normalized spacial score (nSPS) is 10.4. The van der Waals surface area contributed by atoms with Gasteiger partial charge in [0.15, 0.2) is 5.76 Å². The molecule has 1 aromatic carbocycles. The van der Waals surface area contributed by atoms with Crippen molar-refractivity contribution in [3.63, 3.8) is 0 Å². The molecular weight excluding hydrogens is 228 g/mol. The summed E-state index contributed by atoms with van der Waals surface area (Å²) in [6, 6.07) is 9.20. The molecule has 4 nitrogen and oxygen atoms in total. The van der Waals surface area contributed by atoms with Gasteiger partial charge in [0.05, 0.1) is 6.54 Å². The molecule has 18 heavy (non-hydrogen) atoms. The Morgan fingerprint density at radius 1 is 1.22 bits per heavy atom. The molecule has 3 N–H and O–H groups in total. The smallest absolute Gasteiger partial charge is 0.291 e. The molecule has 1 aromatic heterocycles. The number of carbonyl (C=O) groups excluding carboxylic acids is 1. The third-order valence-corrected chi connectivity index (χ3v) is 2.81. The first-order valence-corrected chi connectivity index (χ1v) is 5.78. The summed E-state index contributed by atoms with van der Waals surface area (Å²) in [4.78, 5) is 12.0. The monoisotopic (exact) mass is 244 g/mol. The summed E-state index contributed by atoms with van der Waals surface area (Å²) in [6.07, 6.45) is 0. The quantitative estimate of drug-likeness (QED) is 0.872. The second kappa shape index (κ2) is 5.06. The van der Waals surface area contributed by atoms with Gasteiger partial charge in [0.1, 0.15) is 5.76 Å². The molecule has 0 saturated heterocycles. The number of para-hydroxylation sites is 1. The van der Waals surface area contributed by atoms with E-state index in [1.807, 2.05) is 32.0 Å². The van der Waals surface area contributed by atoms with Crippen molar-refractivity contribution in [1.29, 1.82) is 0 Å². The predicted molar refractivity (Wildman–Crippen MR) is 70.5 cm³/mol. The van der Waals surface area contributed by atoms with Crippen LogP contribution in [0.25, 0.3) is 0 Å². The standard InChI is InChI=1S/C14H16N2O2/c1-9-4-3-5-10(2)13(9)16-14(17)12-7-6-11(8-15)18-12/h3-7H,8,15H2,1-2H3,(H,16,17). The molecule has 0 aliphatic rings. The molecule has 94 valence electrons. The first kappa shape index (κ1) is 12.4. The van der Waals surface area contributed by atoms with Crippen LogP contribution in [0.3, 0.4) is 0 Å². The summed E-state index contributed by atoms with van der Waals surface area (Å²) in [6.45, 7) is 4.20. The Morgan fingerprint density at radius 2 is 1.89 bits per heavy atom. The van der Waals surface area contributed by atoms with E-state index in [0.29, 0.717) is 5.76 Å². The highest BCUT2D eigenvalue weighted by Gasteiger charge is 2.13. The molecule has 1 amide bonds. The summed E-state index contributed by atoms with van der Waals surface area (Å²) >= 11 is 0. The van der Waals surface area contributed by atoms with Crippen molar-refractivity contribution in [3.8, 4) is 0 Å². The van der Waals surface area contributed by atoms with Crippen molar-refractivity contribution >= 4 is 11.6 Å². The second-order valence-electron chi connectivity index (χ2n) is 4.19. The molecule has 0 fully saturated rings. The predicted octanol–water partition coefficient (Wildman–Crippen LogP) is 2.61. The van der Waals surface area contributed by atoms with Gasteiger partial charge in [-0.2, -0.15) is 0 Å². The van der Waals surface area contributed by atoms with Crippen LogP contribution in [0.2, 0.25) is 0 Å². The summed E-state index contributed by atoms with van der Waals surface area (Å²) in [5.74, 6) is 0.617. The van der Waals surface area contributed by atoms with Crippen LogP contribution in [0.5, 0.6) is 0 Å². The molecule has 0 radical (unpaired) electrons. The lowest BCUT2D eigenvalue weighted by Gasteiger charge is -2.10. The van der Waals surface area contributed by atoms with Crippen LogP contribution in [0.15, 0.2) is 34.7 Å². The van der Waals surface area contributed by atoms with Crippen LogP contribution in [0, 0.1) is 13.8 Å². The maximum absolute atomic E-state index is 12.0. The first-order chi connectivity index (χ1) is 8.61. The van der Waals surface area contributed by atoms with Gasteiger partial charge in [-0.05, 0) is 37.1 Å². The number of benzene rings is 1. The molecule has 0 saturated carbocycles. The summed E-state index contributed by atoms with van der Waals surface area (Å²) in [7, 11) is 0. The van der Waals surface area contributed by atoms with E-state index in [-0.39, 0.29) is 18.2 Å². The van der Waals surface area contributed by atoms with Crippen molar-refractivity contribution in [3.05, 3.63) is 53.0 Å². The third kappa shape index (κ3) is 2.43. The van der Waals surface area contributed by atoms with Crippen LogP contribution in [-0.4, -0.2) is 5.91 Å². The minimum atomic E-state index is -0.257. The number of aryl methyl sites for hydroxylation is 2. The number of hydrogen-bond acceptors (Lipinski definition) is 3. The number of nitrogens with one attached hydrogen (secondary N) is 1. The minimum absolute atomic E-state index is 0.257. The van der Waals surface area contributed by atoms with Crippen molar-refractivity contribution in [2.45, 2.75) is 20.4 Å². The summed E-state index contributed by atoms with van der Waals surface area (Å²) in [5.41, 5.74) is 8.31. The molecular formula is C14H16N2O2. The zero-order valence-electron chi connectivity index (χ0n) is 10.5. The fourth-order valence-corrected chi connectivity index (χ4v) is 1.80. The molecule has 2 rings (SSSR count). The SMILES string of the molecule is Cc1cccc(C)c1NC(=O)c1ccc(CN)o1. The van der Waals surface area contributed by atoms with Crippen molar-refractivity contribution < 1.29 is 9.21 Å². The molecule has 0 spiro atoms. The lowest BCUT2D eigenvalue weighted by Crippen LogP contribution is -2.13. The molecule has 0 atom stereocenters. The highest BCUT2D eigenvalue weighted by molar-refractivity contribution is 6.03. The zero-order chi connectivity index (χ0) is 13.1. The number of nitrogens with two attached hydrogens (primary N) is 1. The Hall–Kier alpha value is -2.07. The fourth-order valence-electron chi connectivity index (χ4n) is 1.80. The Morgan fingerprint density at radius 3 is 2.44 bits per heavy atom. The largest absolute Gasteiger partial charge is 0.455 e. The number of carbonyl (C=O) groups is 1. The van der Waals surface area contributed by atoms with Gasteiger partial charge in [0, 0.05) is 5.69 Å². The van der Waals surface area contributed by atoms with Crippen LogP contribution >= 0.6 is 0 Å².